The average Bonchev–Trinajstić information content (AvgIpc) is 1.97. The van der Waals surface area contributed by atoms with Crippen molar-refractivity contribution in [3.05, 3.63) is 0 Å². The van der Waals surface area contributed by atoms with Gasteiger partial charge in [0.05, 0.1) is 0 Å². The van der Waals surface area contributed by atoms with Crippen LogP contribution in [0.5, 0.6) is 0 Å². The van der Waals surface area contributed by atoms with E-state index in [2.05, 4.69) is 0 Å². The fraction of sp³-hybridized carbons (Fsp3) is 1.00. The zero-order chi connectivity index (χ0) is 8.74. The Bertz CT molecular complexity index is 92.1. The summed E-state index contributed by atoms with van der Waals surface area (Å²) < 4.78 is 9.64. The molecule has 0 aliphatic carbocycles. The maximum atomic E-state index is 8.34. The van der Waals surface area contributed by atoms with Crippen LogP contribution in [0.4, 0.5) is 0 Å². The summed E-state index contributed by atoms with van der Waals surface area (Å²) in [4.78, 5) is 0. The number of aliphatic hydroxyl groups is 2. The Balaban J connectivity index is 3.43. The van der Waals surface area contributed by atoms with Gasteiger partial charge in [-0.05, 0) is 0 Å². The van der Waals surface area contributed by atoms with Crippen molar-refractivity contribution in [2.45, 2.75) is 0 Å². The first-order valence-corrected chi connectivity index (χ1v) is 10.7. The standard InChI is InChI=1S/C4H10Cl2O4Te/c5-11(6,9-3-1-7)10-4-2-8/h7-8H,1-4H2. The zero-order valence-electron chi connectivity index (χ0n) is 5.70. The number of aliphatic hydroxyl groups excluding tert-OH is 2. The average molecular weight is 321 g/mol. The van der Waals surface area contributed by atoms with Crippen molar-refractivity contribution in [1.29, 1.82) is 0 Å². The molecule has 0 heterocycles. The van der Waals surface area contributed by atoms with Crippen LogP contribution in [0.3, 0.4) is 0 Å². The topological polar surface area (TPSA) is 58.9 Å². The molecule has 0 saturated heterocycles. The quantitative estimate of drug-likeness (QED) is 0.672. The molecular weight excluding hydrogens is 311 g/mol. The van der Waals surface area contributed by atoms with Gasteiger partial charge in [-0.25, -0.2) is 0 Å². The van der Waals surface area contributed by atoms with Crippen LogP contribution < -0.4 is 0 Å². The first-order valence-electron chi connectivity index (χ1n) is 2.85. The molecule has 0 aromatic heterocycles. The summed E-state index contributed by atoms with van der Waals surface area (Å²) >= 11 is -3.62. The molecule has 0 aromatic carbocycles. The van der Waals surface area contributed by atoms with E-state index in [-0.39, 0.29) is 26.4 Å². The summed E-state index contributed by atoms with van der Waals surface area (Å²) in [5, 5.41) is 16.7. The fourth-order valence-electron chi connectivity index (χ4n) is 0.303. The van der Waals surface area contributed by atoms with Gasteiger partial charge in [0.2, 0.25) is 0 Å². The van der Waals surface area contributed by atoms with E-state index in [0.29, 0.717) is 0 Å². The zero-order valence-corrected chi connectivity index (χ0v) is 9.55. The van der Waals surface area contributed by atoms with Gasteiger partial charge in [0, 0.05) is 0 Å². The first-order chi connectivity index (χ1) is 5.12. The molecule has 0 rings (SSSR count). The normalized spacial score (nSPS) is 13.5. The SMILES string of the molecule is OCCO[Te](Cl)(Cl)OCCO. The molecular formula is C4H10Cl2O4Te. The number of halogens is 2. The summed E-state index contributed by atoms with van der Waals surface area (Å²) in [6, 6.07) is 0. The molecule has 0 amide bonds. The molecule has 2 N–H and O–H groups in total. The Morgan fingerprint density at radius 1 is 1.00 bits per heavy atom. The third-order valence-electron chi connectivity index (χ3n) is 0.624. The van der Waals surface area contributed by atoms with Crippen molar-refractivity contribution in [2.24, 2.45) is 0 Å². The molecule has 0 aliphatic heterocycles. The summed E-state index contributed by atoms with van der Waals surface area (Å²) in [5.74, 6) is 0. The second kappa shape index (κ2) is 6.70. The summed E-state index contributed by atoms with van der Waals surface area (Å²) in [6.07, 6.45) is 0. The molecule has 0 radical (unpaired) electrons. The fourth-order valence-corrected chi connectivity index (χ4v) is 3.72. The van der Waals surface area contributed by atoms with Gasteiger partial charge < -0.3 is 0 Å². The minimum absolute atomic E-state index is 0.0690. The molecule has 0 unspecified atom stereocenters. The van der Waals surface area contributed by atoms with E-state index in [4.69, 9.17) is 34.3 Å². The van der Waals surface area contributed by atoms with Crippen molar-refractivity contribution in [3.8, 4) is 0 Å². The summed E-state index contributed by atoms with van der Waals surface area (Å²) in [7, 11) is 11.2. The van der Waals surface area contributed by atoms with Gasteiger partial charge in [0.25, 0.3) is 0 Å². The Hall–Kier alpha value is 1.21. The van der Waals surface area contributed by atoms with E-state index in [0.717, 1.165) is 0 Å². The van der Waals surface area contributed by atoms with Crippen molar-refractivity contribution in [2.75, 3.05) is 26.4 Å². The van der Waals surface area contributed by atoms with Gasteiger partial charge in [-0.2, -0.15) is 0 Å². The summed E-state index contributed by atoms with van der Waals surface area (Å²) in [6.45, 7) is -0.149. The van der Waals surface area contributed by atoms with Gasteiger partial charge in [-0.3, -0.25) is 0 Å². The molecule has 0 spiro atoms. The minimum atomic E-state index is -3.62. The van der Waals surface area contributed by atoms with Crippen molar-refractivity contribution in [3.63, 3.8) is 0 Å². The predicted molar refractivity (Wildman–Crippen MR) is 43.5 cm³/mol. The van der Waals surface area contributed by atoms with Crippen LogP contribution >= 0.6 is 17.9 Å². The van der Waals surface area contributed by atoms with Gasteiger partial charge in [0.1, 0.15) is 0 Å². The van der Waals surface area contributed by atoms with Crippen LogP contribution in [-0.4, -0.2) is 53.4 Å². The first kappa shape index (κ1) is 12.2. The van der Waals surface area contributed by atoms with Gasteiger partial charge in [-0.1, -0.05) is 0 Å². The van der Waals surface area contributed by atoms with Crippen molar-refractivity contribution in [1.82, 2.24) is 0 Å². The van der Waals surface area contributed by atoms with Crippen molar-refractivity contribution < 1.29 is 16.4 Å². The van der Waals surface area contributed by atoms with Gasteiger partial charge in [0.15, 0.2) is 0 Å². The van der Waals surface area contributed by atoms with E-state index in [1.54, 1.807) is 0 Å². The Morgan fingerprint density at radius 2 is 1.36 bits per heavy atom. The number of hydrogen-bond acceptors (Lipinski definition) is 4. The van der Waals surface area contributed by atoms with Crippen LogP contribution in [0.2, 0.25) is 0 Å². The van der Waals surface area contributed by atoms with Crippen LogP contribution in [0.25, 0.3) is 0 Å². The maximum absolute atomic E-state index is 8.34. The summed E-state index contributed by atoms with van der Waals surface area (Å²) in [5.41, 5.74) is 0. The van der Waals surface area contributed by atoms with E-state index in [1.165, 1.54) is 0 Å². The van der Waals surface area contributed by atoms with Gasteiger partial charge in [-0.15, -0.1) is 0 Å². The molecule has 11 heavy (non-hydrogen) atoms. The van der Waals surface area contributed by atoms with Gasteiger partial charge >= 0.3 is 77.5 Å². The monoisotopic (exact) mass is 322 g/mol. The molecule has 70 valence electrons. The second-order valence-corrected chi connectivity index (χ2v) is 11.5. The third-order valence-corrected chi connectivity index (χ3v) is 5.53. The molecule has 0 bridgehead atoms. The van der Waals surface area contributed by atoms with Crippen molar-refractivity contribution >= 4 is 34.7 Å². The Kier molecular flexibility index (Phi) is 7.43. The van der Waals surface area contributed by atoms with E-state index in [9.17, 15) is 0 Å². The number of hydrogen-bond donors (Lipinski definition) is 2. The molecule has 4 nitrogen and oxygen atoms in total. The number of rotatable bonds is 6. The molecule has 0 atom stereocenters. The predicted octanol–water partition coefficient (Wildman–Crippen LogP) is -0.0826. The molecule has 0 aromatic rings. The Morgan fingerprint density at radius 3 is 1.64 bits per heavy atom. The van der Waals surface area contributed by atoms with E-state index < -0.39 is 16.8 Å². The van der Waals surface area contributed by atoms with Crippen LogP contribution in [0, 0.1) is 0 Å². The van der Waals surface area contributed by atoms with Crippen LogP contribution in [0.15, 0.2) is 0 Å². The van der Waals surface area contributed by atoms with E-state index >= 15 is 0 Å². The third kappa shape index (κ3) is 7.57. The second-order valence-electron chi connectivity index (χ2n) is 1.47. The molecule has 0 fully saturated rings. The molecule has 0 aliphatic rings. The van der Waals surface area contributed by atoms with Crippen LogP contribution in [-0.2, 0) is 6.20 Å². The molecule has 0 saturated carbocycles. The van der Waals surface area contributed by atoms with Crippen LogP contribution in [0.1, 0.15) is 0 Å². The molecule has 7 heteroatoms. The van der Waals surface area contributed by atoms with E-state index in [1.807, 2.05) is 0 Å². The Labute approximate surface area is 77.4 Å².